The predicted octanol–water partition coefficient (Wildman–Crippen LogP) is 3.25. The minimum atomic E-state index is -0.676. The summed E-state index contributed by atoms with van der Waals surface area (Å²) in [6.45, 7) is 6.66. The second-order valence-corrected chi connectivity index (χ2v) is 6.00. The van der Waals surface area contributed by atoms with Gasteiger partial charge in [-0.2, -0.15) is 0 Å². The van der Waals surface area contributed by atoms with Gasteiger partial charge in [-0.1, -0.05) is 0 Å². The lowest BCUT2D eigenvalue weighted by molar-refractivity contribution is 0.0463. The van der Waals surface area contributed by atoms with Crippen molar-refractivity contribution in [2.75, 3.05) is 7.11 Å². The van der Waals surface area contributed by atoms with E-state index in [0.29, 0.717) is 33.7 Å². The number of rotatable bonds is 6. The second-order valence-electron chi connectivity index (χ2n) is 6.00. The van der Waals surface area contributed by atoms with Gasteiger partial charge in [0, 0.05) is 22.4 Å². The Morgan fingerprint density at radius 1 is 1.28 bits per heavy atom. The third kappa shape index (κ3) is 3.91. The molecule has 0 unspecified atom stereocenters. The first kappa shape index (κ1) is 18.7. The number of methoxy groups -OCH3 is 1. The highest BCUT2D eigenvalue weighted by molar-refractivity contribution is 5.94. The molecule has 6 heteroatoms. The molecule has 0 amide bonds. The molecule has 134 valence electrons. The molecular weight excluding hydrogens is 322 g/mol. The molecule has 0 aliphatic carbocycles. The Kier molecular flexibility index (Phi) is 5.64. The summed E-state index contributed by atoms with van der Waals surface area (Å²) >= 11 is 0. The largest absolute Gasteiger partial charge is 0.496 e. The number of carbonyl (C=O) groups is 2. The molecule has 0 saturated carbocycles. The summed E-state index contributed by atoms with van der Waals surface area (Å²) in [5.74, 6) is -0.0581. The Morgan fingerprint density at radius 2 is 1.96 bits per heavy atom. The Bertz CT molecular complexity index is 804. The van der Waals surface area contributed by atoms with Crippen molar-refractivity contribution in [2.24, 2.45) is 0 Å². The molecule has 0 saturated heterocycles. The van der Waals surface area contributed by atoms with E-state index < -0.39 is 12.1 Å². The van der Waals surface area contributed by atoms with E-state index in [9.17, 15) is 14.7 Å². The van der Waals surface area contributed by atoms with Gasteiger partial charge in [0.15, 0.2) is 5.78 Å². The molecule has 2 aromatic rings. The molecule has 0 bridgehead atoms. The minimum Gasteiger partial charge on any atom is -0.496 e. The van der Waals surface area contributed by atoms with E-state index in [1.165, 1.54) is 14.0 Å². The summed E-state index contributed by atoms with van der Waals surface area (Å²) in [6, 6.07) is 5.00. The Balaban J connectivity index is 2.22. The molecule has 1 heterocycles. The highest BCUT2D eigenvalue weighted by atomic mass is 16.5. The summed E-state index contributed by atoms with van der Waals surface area (Å²) in [5.41, 5.74) is 3.55. The zero-order valence-corrected chi connectivity index (χ0v) is 15.1. The van der Waals surface area contributed by atoms with Gasteiger partial charge >= 0.3 is 5.97 Å². The van der Waals surface area contributed by atoms with Crippen LogP contribution in [-0.4, -0.2) is 29.0 Å². The van der Waals surface area contributed by atoms with E-state index in [1.54, 1.807) is 39.0 Å². The lowest BCUT2D eigenvalue weighted by atomic mass is 10.1. The smallest absolute Gasteiger partial charge is 0.355 e. The number of carbonyl (C=O) groups excluding carboxylic acids is 2. The fraction of sp³-hybridized carbons (Fsp3) is 0.368. The topological polar surface area (TPSA) is 88.6 Å². The van der Waals surface area contributed by atoms with Gasteiger partial charge in [-0.3, -0.25) is 4.79 Å². The van der Waals surface area contributed by atoms with E-state index in [0.717, 1.165) is 5.69 Å². The van der Waals surface area contributed by atoms with Crippen molar-refractivity contribution in [2.45, 2.75) is 40.4 Å². The number of hydrogen-bond acceptors (Lipinski definition) is 5. The highest BCUT2D eigenvalue weighted by Gasteiger charge is 2.21. The molecule has 1 aromatic heterocycles. The van der Waals surface area contributed by atoms with Gasteiger partial charge in [0.25, 0.3) is 0 Å². The number of esters is 1. The summed E-state index contributed by atoms with van der Waals surface area (Å²) in [5, 5.41) is 9.82. The van der Waals surface area contributed by atoms with E-state index in [-0.39, 0.29) is 12.4 Å². The first-order valence-corrected chi connectivity index (χ1v) is 7.98. The van der Waals surface area contributed by atoms with Crippen molar-refractivity contribution in [3.8, 4) is 5.75 Å². The molecule has 0 spiro atoms. The number of aliphatic hydroxyl groups excluding tert-OH is 1. The maximum absolute atomic E-state index is 12.4. The van der Waals surface area contributed by atoms with Gasteiger partial charge in [-0.25, -0.2) is 4.79 Å². The van der Waals surface area contributed by atoms with Crippen LogP contribution in [-0.2, 0) is 11.3 Å². The van der Waals surface area contributed by atoms with Gasteiger partial charge in [0.2, 0.25) is 0 Å². The monoisotopic (exact) mass is 345 g/mol. The van der Waals surface area contributed by atoms with Crippen LogP contribution in [0.1, 0.15) is 63.2 Å². The molecule has 2 rings (SSSR count). The maximum Gasteiger partial charge on any atom is 0.355 e. The lowest BCUT2D eigenvalue weighted by Gasteiger charge is -2.11. The Hall–Kier alpha value is -2.60. The molecule has 6 nitrogen and oxygen atoms in total. The van der Waals surface area contributed by atoms with Crippen molar-refractivity contribution < 1.29 is 24.2 Å². The fourth-order valence-electron chi connectivity index (χ4n) is 2.92. The molecule has 1 aromatic carbocycles. The Labute approximate surface area is 146 Å². The third-order valence-electron chi connectivity index (χ3n) is 4.16. The van der Waals surface area contributed by atoms with Gasteiger partial charge < -0.3 is 19.6 Å². The lowest BCUT2D eigenvalue weighted by Crippen LogP contribution is -2.09. The van der Waals surface area contributed by atoms with Gasteiger partial charge in [-0.15, -0.1) is 0 Å². The number of aliphatic hydroxyl groups is 1. The number of aryl methyl sites for hydroxylation is 1. The van der Waals surface area contributed by atoms with Crippen LogP contribution >= 0.6 is 0 Å². The van der Waals surface area contributed by atoms with E-state index in [4.69, 9.17) is 9.47 Å². The SMILES string of the molecule is COc1ccc(C(C)=O)cc1COC(=O)c1[nH]c(C)c([C@H](C)O)c1C. The number of H-pyrrole nitrogens is 1. The quantitative estimate of drug-likeness (QED) is 0.620. The summed E-state index contributed by atoms with van der Waals surface area (Å²) in [6.07, 6.45) is -0.676. The second kappa shape index (κ2) is 7.53. The fourth-order valence-corrected chi connectivity index (χ4v) is 2.92. The van der Waals surface area contributed by atoms with Crippen LogP contribution in [0, 0.1) is 13.8 Å². The predicted molar refractivity (Wildman–Crippen MR) is 93.0 cm³/mol. The van der Waals surface area contributed by atoms with Crippen LogP contribution in [0.15, 0.2) is 18.2 Å². The first-order chi connectivity index (χ1) is 11.8. The third-order valence-corrected chi connectivity index (χ3v) is 4.16. The van der Waals surface area contributed by atoms with Gasteiger partial charge in [-0.05, 0) is 51.5 Å². The number of aromatic nitrogens is 1. The van der Waals surface area contributed by atoms with Crippen LogP contribution in [0.2, 0.25) is 0 Å². The number of hydrogen-bond donors (Lipinski definition) is 2. The normalized spacial score (nSPS) is 11.9. The zero-order valence-electron chi connectivity index (χ0n) is 15.1. The molecular formula is C19H23NO5. The van der Waals surface area contributed by atoms with Crippen molar-refractivity contribution in [1.29, 1.82) is 0 Å². The van der Waals surface area contributed by atoms with Crippen molar-refractivity contribution in [3.05, 3.63) is 51.8 Å². The van der Waals surface area contributed by atoms with Crippen molar-refractivity contribution in [3.63, 3.8) is 0 Å². The van der Waals surface area contributed by atoms with Crippen LogP contribution < -0.4 is 4.74 Å². The molecule has 0 radical (unpaired) electrons. The standard InChI is InChI=1S/C19H23NO5/c1-10-17(13(4)22)11(2)20-18(10)19(23)25-9-15-8-14(12(3)21)6-7-16(15)24-5/h6-8,13,20,22H,9H2,1-5H3/t13-/m0/s1. The first-order valence-electron chi connectivity index (χ1n) is 7.98. The van der Waals surface area contributed by atoms with Gasteiger partial charge in [0.05, 0.1) is 13.2 Å². The zero-order chi connectivity index (χ0) is 18.7. The van der Waals surface area contributed by atoms with E-state index in [1.807, 2.05) is 0 Å². The number of nitrogens with one attached hydrogen (secondary N) is 1. The van der Waals surface area contributed by atoms with Crippen LogP contribution in [0.5, 0.6) is 5.75 Å². The minimum absolute atomic E-state index is 0.0232. The molecule has 0 aliphatic rings. The number of Topliss-reactive ketones (excluding diaryl/α,β-unsaturated/α-hetero) is 1. The molecule has 0 fully saturated rings. The summed E-state index contributed by atoms with van der Waals surface area (Å²) in [4.78, 5) is 26.9. The van der Waals surface area contributed by atoms with Crippen LogP contribution in [0.3, 0.4) is 0 Å². The average Bonchev–Trinajstić information content (AvgIpc) is 2.86. The van der Waals surface area contributed by atoms with Crippen molar-refractivity contribution in [1.82, 2.24) is 4.98 Å². The number of ether oxygens (including phenoxy) is 2. The molecule has 1 atom stereocenters. The summed E-state index contributed by atoms with van der Waals surface area (Å²) < 4.78 is 10.6. The number of benzene rings is 1. The average molecular weight is 345 g/mol. The molecule has 0 aliphatic heterocycles. The van der Waals surface area contributed by atoms with E-state index in [2.05, 4.69) is 4.98 Å². The van der Waals surface area contributed by atoms with Gasteiger partial charge in [0.1, 0.15) is 18.1 Å². The highest BCUT2D eigenvalue weighted by Crippen LogP contribution is 2.26. The van der Waals surface area contributed by atoms with Crippen LogP contribution in [0.4, 0.5) is 0 Å². The van der Waals surface area contributed by atoms with Crippen molar-refractivity contribution >= 4 is 11.8 Å². The molecule has 25 heavy (non-hydrogen) atoms. The number of ketones is 1. The summed E-state index contributed by atoms with van der Waals surface area (Å²) in [7, 11) is 1.52. The maximum atomic E-state index is 12.4. The number of aromatic amines is 1. The molecule has 2 N–H and O–H groups in total. The van der Waals surface area contributed by atoms with E-state index >= 15 is 0 Å². The Morgan fingerprint density at radius 3 is 2.48 bits per heavy atom. The van der Waals surface area contributed by atoms with Crippen LogP contribution in [0.25, 0.3) is 0 Å².